The Hall–Kier alpha value is -2.04. The van der Waals surface area contributed by atoms with E-state index in [0.717, 1.165) is 11.1 Å². The van der Waals surface area contributed by atoms with Crippen LogP contribution < -0.4 is 15.4 Å². The van der Waals surface area contributed by atoms with Gasteiger partial charge in [-0.1, -0.05) is 12.1 Å². The van der Waals surface area contributed by atoms with Gasteiger partial charge in [0.2, 0.25) is 0 Å². The third kappa shape index (κ3) is 4.28. The summed E-state index contributed by atoms with van der Waals surface area (Å²) in [6.45, 7) is 7.75. The van der Waals surface area contributed by atoms with Crippen molar-refractivity contribution in [3.05, 3.63) is 29.3 Å². The smallest absolute Gasteiger partial charge is 0.321 e. The fraction of sp³-hybridized carbons (Fsp3) is 0.429. The number of imide groups is 1. The third-order valence-electron chi connectivity index (χ3n) is 2.80. The molecule has 1 atom stereocenters. The van der Waals surface area contributed by atoms with E-state index in [1.54, 1.807) is 19.9 Å². The highest BCUT2D eigenvalue weighted by Crippen LogP contribution is 2.21. The molecule has 0 saturated carbocycles. The fourth-order valence-electron chi connectivity index (χ4n) is 1.51. The third-order valence-corrected chi connectivity index (χ3v) is 2.80. The molecule has 0 aromatic heterocycles. The van der Waals surface area contributed by atoms with Crippen molar-refractivity contribution in [2.45, 2.75) is 33.8 Å². The van der Waals surface area contributed by atoms with Crippen LogP contribution in [0.5, 0.6) is 5.75 Å². The van der Waals surface area contributed by atoms with Crippen LogP contribution in [0.15, 0.2) is 18.2 Å². The summed E-state index contributed by atoms with van der Waals surface area (Å²) in [6, 6.07) is 5.13. The molecule has 0 radical (unpaired) electrons. The standard InChI is InChI=1S/C14H20N2O3/c1-5-15-14(18)16-13(17)11(4)19-12-8-6-7-9(2)10(12)3/h6-8,11H,5H2,1-4H3,(H2,15,16,17,18). The van der Waals surface area contributed by atoms with Crippen LogP contribution in [0.1, 0.15) is 25.0 Å². The molecule has 5 nitrogen and oxygen atoms in total. The first kappa shape index (κ1) is 15.0. The molecule has 1 unspecified atom stereocenters. The van der Waals surface area contributed by atoms with E-state index in [1.165, 1.54) is 0 Å². The first-order chi connectivity index (χ1) is 8.95. The molecular weight excluding hydrogens is 244 g/mol. The normalized spacial score (nSPS) is 11.6. The Bertz CT molecular complexity index is 472. The van der Waals surface area contributed by atoms with E-state index in [4.69, 9.17) is 4.74 Å². The molecule has 1 aromatic rings. The van der Waals surface area contributed by atoms with E-state index in [1.807, 2.05) is 26.0 Å². The fourth-order valence-corrected chi connectivity index (χ4v) is 1.51. The number of hydrogen-bond acceptors (Lipinski definition) is 3. The van der Waals surface area contributed by atoms with Crippen molar-refractivity contribution in [1.29, 1.82) is 0 Å². The highest BCUT2D eigenvalue weighted by molar-refractivity contribution is 5.96. The Morgan fingerprint density at radius 2 is 2.00 bits per heavy atom. The Kier molecular flexibility index (Phi) is 5.36. The molecule has 0 aliphatic carbocycles. The van der Waals surface area contributed by atoms with Gasteiger partial charge in [-0.15, -0.1) is 0 Å². The Balaban J connectivity index is 2.64. The van der Waals surface area contributed by atoms with Gasteiger partial charge in [0, 0.05) is 6.54 Å². The van der Waals surface area contributed by atoms with E-state index in [0.29, 0.717) is 12.3 Å². The summed E-state index contributed by atoms with van der Waals surface area (Å²) in [5, 5.41) is 4.71. The minimum atomic E-state index is -0.733. The quantitative estimate of drug-likeness (QED) is 0.873. The lowest BCUT2D eigenvalue weighted by Crippen LogP contribution is -2.45. The second-order valence-electron chi connectivity index (χ2n) is 4.31. The van der Waals surface area contributed by atoms with E-state index in [-0.39, 0.29) is 0 Å². The second kappa shape index (κ2) is 6.78. The van der Waals surface area contributed by atoms with Crippen LogP contribution in [0.2, 0.25) is 0 Å². The minimum Gasteiger partial charge on any atom is -0.481 e. The Morgan fingerprint density at radius 3 is 2.63 bits per heavy atom. The van der Waals surface area contributed by atoms with Crippen molar-refractivity contribution in [2.24, 2.45) is 0 Å². The average molecular weight is 264 g/mol. The van der Waals surface area contributed by atoms with Crippen molar-refractivity contribution in [3.63, 3.8) is 0 Å². The predicted octanol–water partition coefficient (Wildman–Crippen LogP) is 1.92. The van der Waals surface area contributed by atoms with Crippen LogP contribution in [-0.2, 0) is 4.79 Å². The number of carbonyl (C=O) groups is 2. The molecule has 104 valence electrons. The van der Waals surface area contributed by atoms with Gasteiger partial charge in [0.15, 0.2) is 6.10 Å². The molecule has 2 N–H and O–H groups in total. The molecule has 1 rings (SSSR count). The first-order valence-electron chi connectivity index (χ1n) is 6.27. The first-order valence-corrected chi connectivity index (χ1v) is 6.27. The number of rotatable bonds is 4. The average Bonchev–Trinajstić information content (AvgIpc) is 2.35. The predicted molar refractivity (Wildman–Crippen MR) is 73.2 cm³/mol. The molecule has 5 heteroatoms. The zero-order chi connectivity index (χ0) is 14.4. The van der Waals surface area contributed by atoms with Crippen molar-refractivity contribution in [1.82, 2.24) is 10.6 Å². The van der Waals surface area contributed by atoms with Crippen molar-refractivity contribution >= 4 is 11.9 Å². The summed E-state index contributed by atoms with van der Waals surface area (Å²) >= 11 is 0. The van der Waals surface area contributed by atoms with Crippen molar-refractivity contribution < 1.29 is 14.3 Å². The number of urea groups is 1. The number of ether oxygens (including phenoxy) is 1. The summed E-state index contributed by atoms with van der Waals surface area (Å²) < 4.78 is 5.57. The summed E-state index contributed by atoms with van der Waals surface area (Å²) in [7, 11) is 0. The number of hydrogen-bond donors (Lipinski definition) is 2. The molecule has 1 aromatic carbocycles. The van der Waals surface area contributed by atoms with Gasteiger partial charge in [0.05, 0.1) is 0 Å². The molecule has 0 aliphatic rings. The number of carbonyl (C=O) groups excluding carboxylic acids is 2. The summed E-state index contributed by atoms with van der Waals surface area (Å²) in [5.74, 6) is 0.186. The van der Waals surface area contributed by atoms with Crippen LogP contribution in [0.3, 0.4) is 0 Å². The zero-order valence-corrected chi connectivity index (χ0v) is 11.7. The topological polar surface area (TPSA) is 67.4 Å². The highest BCUT2D eigenvalue weighted by Gasteiger charge is 2.18. The van der Waals surface area contributed by atoms with Crippen LogP contribution in [0.25, 0.3) is 0 Å². The molecule has 0 fully saturated rings. The van der Waals surface area contributed by atoms with Crippen LogP contribution in [-0.4, -0.2) is 24.6 Å². The van der Waals surface area contributed by atoms with E-state index < -0.39 is 18.0 Å². The number of nitrogens with one attached hydrogen (secondary N) is 2. The highest BCUT2D eigenvalue weighted by atomic mass is 16.5. The summed E-state index contributed by atoms with van der Waals surface area (Å²) in [4.78, 5) is 23.0. The van der Waals surface area contributed by atoms with E-state index in [9.17, 15) is 9.59 Å². The molecule has 0 heterocycles. The molecule has 0 aliphatic heterocycles. The molecule has 0 saturated heterocycles. The number of aryl methyl sites for hydroxylation is 1. The Morgan fingerprint density at radius 1 is 1.32 bits per heavy atom. The van der Waals surface area contributed by atoms with Crippen molar-refractivity contribution in [3.8, 4) is 5.75 Å². The minimum absolute atomic E-state index is 0.464. The number of benzene rings is 1. The molecule has 0 spiro atoms. The van der Waals surface area contributed by atoms with Crippen LogP contribution >= 0.6 is 0 Å². The lowest BCUT2D eigenvalue weighted by Gasteiger charge is -2.16. The van der Waals surface area contributed by atoms with Gasteiger partial charge in [0.25, 0.3) is 5.91 Å². The monoisotopic (exact) mass is 264 g/mol. The van der Waals surface area contributed by atoms with Gasteiger partial charge >= 0.3 is 6.03 Å². The van der Waals surface area contributed by atoms with Gasteiger partial charge in [-0.25, -0.2) is 4.79 Å². The Labute approximate surface area is 113 Å². The maximum Gasteiger partial charge on any atom is 0.321 e. The maximum atomic E-state index is 11.7. The molecule has 19 heavy (non-hydrogen) atoms. The van der Waals surface area contributed by atoms with E-state index >= 15 is 0 Å². The van der Waals surface area contributed by atoms with Gasteiger partial charge < -0.3 is 10.1 Å². The van der Waals surface area contributed by atoms with Crippen LogP contribution in [0.4, 0.5) is 4.79 Å². The van der Waals surface area contributed by atoms with Gasteiger partial charge in [-0.05, 0) is 44.9 Å². The summed E-state index contributed by atoms with van der Waals surface area (Å²) in [5.41, 5.74) is 2.08. The molecule has 0 bridgehead atoms. The van der Waals surface area contributed by atoms with Crippen molar-refractivity contribution in [2.75, 3.05) is 6.54 Å². The second-order valence-corrected chi connectivity index (χ2v) is 4.31. The maximum absolute atomic E-state index is 11.7. The molecular formula is C14H20N2O3. The van der Waals surface area contributed by atoms with Gasteiger partial charge in [-0.2, -0.15) is 0 Å². The molecule has 3 amide bonds. The zero-order valence-electron chi connectivity index (χ0n) is 11.7. The van der Waals surface area contributed by atoms with Gasteiger partial charge in [-0.3, -0.25) is 10.1 Å². The largest absolute Gasteiger partial charge is 0.481 e. The van der Waals surface area contributed by atoms with Crippen LogP contribution in [0, 0.1) is 13.8 Å². The lowest BCUT2D eigenvalue weighted by atomic mass is 10.1. The SMILES string of the molecule is CCNC(=O)NC(=O)C(C)Oc1cccc(C)c1C. The lowest BCUT2D eigenvalue weighted by molar-refractivity contribution is -0.126. The summed E-state index contributed by atoms with van der Waals surface area (Å²) in [6.07, 6.45) is -0.733. The van der Waals surface area contributed by atoms with E-state index in [2.05, 4.69) is 10.6 Å². The number of amides is 3. The van der Waals surface area contributed by atoms with Gasteiger partial charge in [0.1, 0.15) is 5.75 Å².